The lowest BCUT2D eigenvalue weighted by atomic mass is 9.85. The number of nitriles is 1. The molecule has 0 radical (unpaired) electrons. The molecular formula is C27H23FN6O3. The molecule has 0 atom stereocenters. The van der Waals surface area contributed by atoms with E-state index in [1.54, 1.807) is 56.4 Å². The van der Waals surface area contributed by atoms with Crippen molar-refractivity contribution in [2.75, 3.05) is 10.6 Å². The molecule has 5 rings (SSSR count). The summed E-state index contributed by atoms with van der Waals surface area (Å²) in [5.41, 5.74) is 0.649. The lowest BCUT2D eigenvalue weighted by Crippen LogP contribution is -2.17. The minimum Gasteiger partial charge on any atom is -0.438 e. The molecule has 1 saturated carbocycles. The molecule has 0 saturated heterocycles. The minimum absolute atomic E-state index is 0.0539. The van der Waals surface area contributed by atoms with E-state index in [1.807, 2.05) is 0 Å². The van der Waals surface area contributed by atoms with Gasteiger partial charge in [0.1, 0.15) is 11.6 Å². The Bertz CT molecular complexity index is 1570. The van der Waals surface area contributed by atoms with Crippen LogP contribution in [0.3, 0.4) is 0 Å². The number of hydrogen-bond acceptors (Lipinski definition) is 6. The number of anilines is 2. The van der Waals surface area contributed by atoms with Crippen LogP contribution < -0.4 is 15.4 Å². The number of rotatable bonds is 7. The molecule has 0 unspecified atom stereocenters. The van der Waals surface area contributed by atoms with E-state index in [4.69, 9.17) is 4.74 Å². The summed E-state index contributed by atoms with van der Waals surface area (Å²) < 4.78 is 21.8. The van der Waals surface area contributed by atoms with Gasteiger partial charge in [0, 0.05) is 23.6 Å². The molecule has 4 aromatic rings. The zero-order valence-corrected chi connectivity index (χ0v) is 20.2. The fourth-order valence-corrected chi connectivity index (χ4v) is 3.65. The van der Waals surface area contributed by atoms with E-state index in [0.717, 1.165) is 12.8 Å². The van der Waals surface area contributed by atoms with Crippen molar-refractivity contribution in [2.24, 2.45) is 5.92 Å². The first kappa shape index (κ1) is 23.9. The van der Waals surface area contributed by atoms with Crippen LogP contribution in [-0.4, -0.2) is 26.4 Å². The number of imidazole rings is 1. The number of ether oxygens (including phenoxy) is 1. The van der Waals surface area contributed by atoms with Gasteiger partial charge in [-0.2, -0.15) is 5.26 Å². The van der Waals surface area contributed by atoms with E-state index in [-0.39, 0.29) is 29.1 Å². The third-order valence-corrected chi connectivity index (χ3v) is 6.03. The number of halogens is 1. The van der Waals surface area contributed by atoms with Crippen molar-refractivity contribution in [3.8, 4) is 17.7 Å². The molecule has 1 aliphatic rings. The van der Waals surface area contributed by atoms with Gasteiger partial charge in [-0.3, -0.25) is 9.59 Å². The van der Waals surface area contributed by atoms with Gasteiger partial charge in [0.2, 0.25) is 11.8 Å². The number of fused-ring (bicyclic) bond motifs is 1. The molecule has 2 aromatic heterocycles. The summed E-state index contributed by atoms with van der Waals surface area (Å²) in [6.45, 7) is 3.51. The SMILES string of the molecule is CC(C)(C#N)c1cccc(C(=O)Nc2cc(Oc3ccc4nc(NC(=O)C5CC5)cn4n3)ccc2F)c1. The predicted molar refractivity (Wildman–Crippen MR) is 134 cm³/mol. The molecule has 0 spiro atoms. The maximum atomic E-state index is 14.5. The second-order valence-corrected chi connectivity index (χ2v) is 9.38. The summed E-state index contributed by atoms with van der Waals surface area (Å²) in [5, 5.41) is 19.0. The zero-order chi connectivity index (χ0) is 26.2. The Labute approximate surface area is 211 Å². The standard InChI is InChI=1S/C27H23FN6O3/c1-27(2,15-29)18-5-3-4-17(12-18)26(36)30-21-13-19(8-9-20(21)28)37-24-11-10-23-31-22(14-34(23)33-24)32-25(35)16-6-7-16/h3-5,8-14,16H,6-7H2,1-2H3,(H,30,36)(H,32,35). The highest BCUT2D eigenvalue weighted by Gasteiger charge is 2.30. The van der Waals surface area contributed by atoms with E-state index in [1.165, 1.54) is 22.7 Å². The average Bonchev–Trinajstić information content (AvgIpc) is 3.67. The number of nitrogens with one attached hydrogen (secondary N) is 2. The van der Waals surface area contributed by atoms with Crippen LogP contribution in [0.1, 0.15) is 42.6 Å². The number of nitrogens with zero attached hydrogens (tertiary/aromatic N) is 4. The Hall–Kier alpha value is -4.78. The fourth-order valence-electron chi connectivity index (χ4n) is 3.65. The molecule has 2 aromatic carbocycles. The number of carbonyl (C=O) groups excluding carboxylic acids is 2. The Morgan fingerprint density at radius 3 is 2.70 bits per heavy atom. The van der Waals surface area contributed by atoms with Gasteiger partial charge in [0.15, 0.2) is 11.5 Å². The monoisotopic (exact) mass is 498 g/mol. The van der Waals surface area contributed by atoms with E-state index in [9.17, 15) is 19.2 Å². The summed E-state index contributed by atoms with van der Waals surface area (Å²) in [6, 6.07) is 16.1. The number of carbonyl (C=O) groups is 2. The van der Waals surface area contributed by atoms with Gasteiger partial charge in [-0.05, 0) is 62.6 Å². The molecule has 37 heavy (non-hydrogen) atoms. The summed E-state index contributed by atoms with van der Waals surface area (Å²) >= 11 is 0. The van der Waals surface area contributed by atoms with Crippen LogP contribution >= 0.6 is 0 Å². The van der Waals surface area contributed by atoms with Crippen molar-refractivity contribution in [3.05, 3.63) is 77.7 Å². The Morgan fingerprint density at radius 2 is 1.95 bits per heavy atom. The summed E-state index contributed by atoms with van der Waals surface area (Å²) in [5.74, 6) is -0.297. The topological polar surface area (TPSA) is 121 Å². The first-order chi connectivity index (χ1) is 17.7. The van der Waals surface area contributed by atoms with Crippen molar-refractivity contribution in [1.82, 2.24) is 14.6 Å². The summed E-state index contributed by atoms with van der Waals surface area (Å²) in [6.07, 6.45) is 3.36. The molecule has 186 valence electrons. The van der Waals surface area contributed by atoms with Crippen LogP contribution in [0.2, 0.25) is 0 Å². The third-order valence-electron chi connectivity index (χ3n) is 6.03. The normalized spacial score (nSPS) is 13.1. The average molecular weight is 499 g/mol. The highest BCUT2D eigenvalue weighted by atomic mass is 19.1. The molecule has 2 N–H and O–H groups in total. The van der Waals surface area contributed by atoms with Crippen molar-refractivity contribution in [3.63, 3.8) is 0 Å². The first-order valence-electron chi connectivity index (χ1n) is 11.7. The zero-order valence-electron chi connectivity index (χ0n) is 20.2. The third kappa shape index (κ3) is 5.26. The van der Waals surface area contributed by atoms with Crippen LogP contribution in [0.15, 0.2) is 60.8 Å². The maximum absolute atomic E-state index is 14.5. The van der Waals surface area contributed by atoms with E-state index >= 15 is 0 Å². The maximum Gasteiger partial charge on any atom is 0.255 e. The quantitative estimate of drug-likeness (QED) is 0.367. The molecule has 10 heteroatoms. The molecule has 0 aliphatic heterocycles. The molecule has 1 fully saturated rings. The number of amides is 2. The highest BCUT2D eigenvalue weighted by molar-refractivity contribution is 6.04. The van der Waals surface area contributed by atoms with Gasteiger partial charge in [0.25, 0.3) is 5.91 Å². The lowest BCUT2D eigenvalue weighted by Gasteiger charge is -2.16. The van der Waals surface area contributed by atoms with Crippen LogP contribution in [-0.2, 0) is 10.2 Å². The van der Waals surface area contributed by atoms with Crippen molar-refractivity contribution < 1.29 is 18.7 Å². The van der Waals surface area contributed by atoms with Crippen LogP contribution in [0.5, 0.6) is 11.6 Å². The molecular weight excluding hydrogens is 475 g/mol. The van der Waals surface area contributed by atoms with Crippen molar-refractivity contribution >= 4 is 29.0 Å². The minimum atomic E-state index is -0.776. The molecule has 0 bridgehead atoms. The van der Waals surface area contributed by atoms with E-state index < -0.39 is 17.1 Å². The van der Waals surface area contributed by atoms with Gasteiger partial charge in [-0.1, -0.05) is 12.1 Å². The first-order valence-corrected chi connectivity index (χ1v) is 11.7. The smallest absolute Gasteiger partial charge is 0.255 e. The van der Waals surface area contributed by atoms with Gasteiger partial charge in [0.05, 0.1) is 23.4 Å². The largest absolute Gasteiger partial charge is 0.438 e. The van der Waals surface area contributed by atoms with Gasteiger partial charge < -0.3 is 15.4 Å². The predicted octanol–water partition coefficient (Wildman–Crippen LogP) is 5.06. The summed E-state index contributed by atoms with van der Waals surface area (Å²) in [7, 11) is 0. The molecule has 2 heterocycles. The Kier molecular flexibility index (Phi) is 6.05. The Balaban J connectivity index is 1.31. The van der Waals surface area contributed by atoms with Crippen LogP contribution in [0, 0.1) is 23.1 Å². The van der Waals surface area contributed by atoms with Crippen LogP contribution in [0.4, 0.5) is 15.9 Å². The van der Waals surface area contributed by atoms with E-state index in [0.29, 0.717) is 22.6 Å². The van der Waals surface area contributed by atoms with Gasteiger partial charge >= 0.3 is 0 Å². The second-order valence-electron chi connectivity index (χ2n) is 9.38. The number of benzene rings is 2. The number of hydrogen-bond donors (Lipinski definition) is 2. The number of aromatic nitrogens is 3. The highest BCUT2D eigenvalue weighted by Crippen LogP contribution is 2.30. The van der Waals surface area contributed by atoms with Crippen LogP contribution in [0.25, 0.3) is 5.65 Å². The summed E-state index contributed by atoms with van der Waals surface area (Å²) in [4.78, 5) is 29.1. The van der Waals surface area contributed by atoms with Gasteiger partial charge in [-0.25, -0.2) is 13.9 Å². The molecule has 2 amide bonds. The van der Waals surface area contributed by atoms with Gasteiger partial charge in [-0.15, -0.1) is 5.10 Å². The lowest BCUT2D eigenvalue weighted by molar-refractivity contribution is -0.117. The second kappa shape index (κ2) is 9.35. The Morgan fingerprint density at radius 1 is 1.14 bits per heavy atom. The molecule has 1 aliphatic carbocycles. The van der Waals surface area contributed by atoms with Crippen molar-refractivity contribution in [1.29, 1.82) is 5.26 Å². The van der Waals surface area contributed by atoms with E-state index in [2.05, 4.69) is 26.8 Å². The van der Waals surface area contributed by atoms with Crippen molar-refractivity contribution in [2.45, 2.75) is 32.1 Å². The molecule has 9 nitrogen and oxygen atoms in total. The fraction of sp³-hybridized carbons (Fsp3) is 0.222.